The number of nitrogens with zero attached hydrogens (tertiary/aromatic N) is 1. The predicted octanol–water partition coefficient (Wildman–Crippen LogP) is 2.64. The van der Waals surface area contributed by atoms with Crippen molar-refractivity contribution in [2.24, 2.45) is 11.7 Å². The number of amides is 1. The number of carbonyl (C=O) groups excluding carboxylic acids is 1. The number of rotatable bonds is 3. The third-order valence-corrected chi connectivity index (χ3v) is 3.55. The largest absolute Gasteiger partial charge is 0.488 e. The van der Waals surface area contributed by atoms with Gasteiger partial charge in [-0.2, -0.15) is 5.26 Å². The van der Waals surface area contributed by atoms with Gasteiger partial charge in [0.15, 0.2) is 0 Å². The van der Waals surface area contributed by atoms with Gasteiger partial charge in [-0.3, -0.25) is 4.79 Å². The highest BCUT2D eigenvalue weighted by molar-refractivity contribution is 5.95. The van der Waals surface area contributed by atoms with Gasteiger partial charge in [0.1, 0.15) is 11.9 Å². The summed E-state index contributed by atoms with van der Waals surface area (Å²) in [6.07, 6.45) is 4.82. The number of nitriles is 1. The minimum atomic E-state index is -0.502. The Hall–Kier alpha value is -2.02. The second-order valence-corrected chi connectivity index (χ2v) is 4.89. The molecule has 1 aliphatic carbocycles. The second-order valence-electron chi connectivity index (χ2n) is 4.89. The van der Waals surface area contributed by atoms with Crippen LogP contribution in [0.2, 0.25) is 0 Å². The number of benzene rings is 1. The Morgan fingerprint density at radius 2 is 2.00 bits per heavy atom. The van der Waals surface area contributed by atoms with Crippen molar-refractivity contribution in [3.05, 3.63) is 29.8 Å². The molecule has 0 spiro atoms. The van der Waals surface area contributed by atoms with E-state index in [-0.39, 0.29) is 12.0 Å². The molecule has 2 atom stereocenters. The maximum atomic E-state index is 11.4. The molecule has 1 aromatic rings. The Morgan fingerprint density at radius 3 is 2.74 bits per heavy atom. The molecule has 0 aromatic heterocycles. The van der Waals surface area contributed by atoms with Gasteiger partial charge in [-0.15, -0.1) is 0 Å². The lowest BCUT2D eigenvalue weighted by Gasteiger charge is -2.22. The second kappa shape index (κ2) is 6.24. The van der Waals surface area contributed by atoms with Crippen molar-refractivity contribution in [2.45, 2.75) is 38.2 Å². The van der Waals surface area contributed by atoms with Crippen molar-refractivity contribution < 1.29 is 9.53 Å². The summed E-state index contributed by atoms with van der Waals surface area (Å²) in [5.74, 6) is -0.122. The summed E-state index contributed by atoms with van der Waals surface area (Å²) < 4.78 is 5.91. The van der Waals surface area contributed by atoms with E-state index < -0.39 is 5.91 Å². The lowest BCUT2D eigenvalue weighted by Crippen LogP contribution is -2.26. The average molecular weight is 258 g/mol. The van der Waals surface area contributed by atoms with Crippen molar-refractivity contribution in [1.29, 1.82) is 5.26 Å². The van der Waals surface area contributed by atoms with Crippen LogP contribution < -0.4 is 10.5 Å². The Morgan fingerprint density at radius 1 is 1.26 bits per heavy atom. The molecular weight excluding hydrogens is 240 g/mol. The van der Waals surface area contributed by atoms with Gasteiger partial charge in [0.05, 0.1) is 17.6 Å². The van der Waals surface area contributed by atoms with Gasteiger partial charge in [0.25, 0.3) is 5.91 Å². The maximum Gasteiger partial charge on any atom is 0.252 e. The molecule has 100 valence electrons. The van der Waals surface area contributed by atoms with E-state index in [0.717, 1.165) is 32.1 Å². The first-order valence-electron chi connectivity index (χ1n) is 6.67. The summed E-state index contributed by atoms with van der Waals surface area (Å²) in [7, 11) is 0. The van der Waals surface area contributed by atoms with E-state index >= 15 is 0 Å². The molecule has 1 aliphatic rings. The molecule has 1 fully saturated rings. The number of nitrogens with two attached hydrogens (primary N) is 1. The van der Waals surface area contributed by atoms with Crippen LogP contribution in [-0.4, -0.2) is 12.0 Å². The van der Waals surface area contributed by atoms with Gasteiger partial charge in [0.2, 0.25) is 0 Å². The number of hydrogen-bond donors (Lipinski definition) is 1. The fraction of sp³-hybridized carbons (Fsp3) is 0.467. The van der Waals surface area contributed by atoms with Crippen molar-refractivity contribution in [3.8, 4) is 11.8 Å². The first-order valence-corrected chi connectivity index (χ1v) is 6.67. The van der Waals surface area contributed by atoms with Crippen molar-refractivity contribution in [2.75, 3.05) is 0 Å². The smallest absolute Gasteiger partial charge is 0.252 e. The lowest BCUT2D eigenvalue weighted by atomic mass is 9.99. The highest BCUT2D eigenvalue weighted by Crippen LogP contribution is 2.28. The molecule has 0 aliphatic heterocycles. The first-order chi connectivity index (χ1) is 9.22. The molecule has 1 aromatic carbocycles. The quantitative estimate of drug-likeness (QED) is 0.847. The monoisotopic (exact) mass is 258 g/mol. The van der Waals surface area contributed by atoms with Crippen molar-refractivity contribution in [1.82, 2.24) is 0 Å². The minimum absolute atomic E-state index is 0.108. The highest BCUT2D eigenvalue weighted by Gasteiger charge is 2.26. The topological polar surface area (TPSA) is 76.1 Å². The number of primary amides is 1. The molecule has 0 heterocycles. The maximum absolute atomic E-state index is 11.4. The zero-order chi connectivity index (χ0) is 13.7. The summed E-state index contributed by atoms with van der Waals surface area (Å²) in [5, 5.41) is 9.22. The van der Waals surface area contributed by atoms with E-state index in [1.165, 1.54) is 0 Å². The molecule has 2 unspecified atom stereocenters. The zero-order valence-electron chi connectivity index (χ0n) is 10.8. The van der Waals surface area contributed by atoms with Crippen LogP contribution >= 0.6 is 0 Å². The standard InChI is InChI=1S/C15H18N2O2/c16-10-11-6-2-1-3-8-13(11)19-14-9-5-4-7-12(14)15(17)18/h4-5,7,9,11,13H,1-3,6,8H2,(H2,17,18). The molecule has 1 saturated carbocycles. The fourth-order valence-corrected chi connectivity index (χ4v) is 2.50. The number of ether oxygens (including phenoxy) is 1. The molecule has 1 amide bonds. The van der Waals surface area contributed by atoms with Gasteiger partial charge < -0.3 is 10.5 Å². The van der Waals surface area contributed by atoms with Crippen LogP contribution in [0, 0.1) is 17.2 Å². The highest BCUT2D eigenvalue weighted by atomic mass is 16.5. The van der Waals surface area contributed by atoms with Crippen LogP contribution in [0.15, 0.2) is 24.3 Å². The van der Waals surface area contributed by atoms with Crippen LogP contribution in [0.25, 0.3) is 0 Å². The number of carbonyl (C=O) groups is 1. The van der Waals surface area contributed by atoms with Crippen molar-refractivity contribution >= 4 is 5.91 Å². The Balaban J connectivity index is 2.19. The molecule has 4 heteroatoms. The Kier molecular flexibility index (Phi) is 4.40. The van der Waals surface area contributed by atoms with Crippen molar-refractivity contribution in [3.63, 3.8) is 0 Å². The molecule has 19 heavy (non-hydrogen) atoms. The Bertz CT molecular complexity index is 493. The molecule has 2 rings (SSSR count). The summed E-state index contributed by atoms with van der Waals surface area (Å²) in [6, 6.07) is 9.26. The molecule has 2 N–H and O–H groups in total. The molecule has 0 bridgehead atoms. The van der Waals surface area contributed by atoms with E-state index in [0.29, 0.717) is 11.3 Å². The normalized spacial score (nSPS) is 23.1. The third kappa shape index (κ3) is 3.25. The zero-order valence-corrected chi connectivity index (χ0v) is 10.8. The van der Waals surface area contributed by atoms with Gasteiger partial charge >= 0.3 is 0 Å². The van der Waals surface area contributed by atoms with E-state index in [1.54, 1.807) is 24.3 Å². The SMILES string of the molecule is N#CC1CCCCCC1Oc1ccccc1C(N)=O. The summed E-state index contributed by atoms with van der Waals surface area (Å²) in [4.78, 5) is 11.4. The van der Waals surface area contributed by atoms with Gasteiger partial charge in [-0.05, 0) is 31.4 Å². The average Bonchev–Trinajstić information content (AvgIpc) is 2.64. The third-order valence-electron chi connectivity index (χ3n) is 3.55. The summed E-state index contributed by atoms with van der Waals surface area (Å²) in [6.45, 7) is 0. The van der Waals surface area contributed by atoms with Crippen LogP contribution in [0.4, 0.5) is 0 Å². The van der Waals surface area contributed by atoms with Crippen LogP contribution in [0.1, 0.15) is 42.5 Å². The fourth-order valence-electron chi connectivity index (χ4n) is 2.50. The summed E-state index contributed by atoms with van der Waals surface area (Å²) >= 11 is 0. The van der Waals surface area contributed by atoms with E-state index in [4.69, 9.17) is 10.5 Å². The molecule has 0 saturated heterocycles. The first kappa shape index (κ1) is 13.4. The van der Waals surface area contributed by atoms with Crippen LogP contribution in [0.5, 0.6) is 5.75 Å². The van der Waals surface area contributed by atoms with Gasteiger partial charge in [0, 0.05) is 0 Å². The predicted molar refractivity (Wildman–Crippen MR) is 71.6 cm³/mol. The van der Waals surface area contributed by atoms with Gasteiger partial charge in [-0.1, -0.05) is 25.0 Å². The van der Waals surface area contributed by atoms with E-state index in [1.807, 2.05) is 0 Å². The molecule has 0 radical (unpaired) electrons. The number of hydrogen-bond acceptors (Lipinski definition) is 3. The lowest BCUT2D eigenvalue weighted by molar-refractivity contribution is 0.0987. The van der Waals surface area contributed by atoms with E-state index in [9.17, 15) is 10.1 Å². The van der Waals surface area contributed by atoms with Crippen LogP contribution in [-0.2, 0) is 0 Å². The molecular formula is C15H18N2O2. The minimum Gasteiger partial charge on any atom is -0.488 e. The molecule has 4 nitrogen and oxygen atoms in total. The van der Waals surface area contributed by atoms with E-state index in [2.05, 4.69) is 6.07 Å². The Labute approximate surface area is 113 Å². The number of para-hydroxylation sites is 1. The summed E-state index contributed by atoms with van der Waals surface area (Å²) in [5.41, 5.74) is 5.71. The van der Waals surface area contributed by atoms with Gasteiger partial charge in [-0.25, -0.2) is 0 Å². The van der Waals surface area contributed by atoms with Crippen LogP contribution in [0.3, 0.4) is 0 Å².